The number of fused-ring (bicyclic) bond motifs is 1. The van der Waals surface area contributed by atoms with Gasteiger partial charge in [-0.3, -0.25) is 4.79 Å². The first-order valence-corrected chi connectivity index (χ1v) is 6.27. The van der Waals surface area contributed by atoms with Crippen LogP contribution in [0.1, 0.15) is 26.8 Å². The van der Waals surface area contributed by atoms with Gasteiger partial charge in [0.05, 0.1) is 12.6 Å². The van der Waals surface area contributed by atoms with E-state index in [-0.39, 0.29) is 23.0 Å². The molecule has 5 heteroatoms. The predicted molar refractivity (Wildman–Crippen MR) is 75.2 cm³/mol. The lowest BCUT2D eigenvalue weighted by Gasteiger charge is -2.00. The van der Waals surface area contributed by atoms with Gasteiger partial charge in [0.1, 0.15) is 5.69 Å². The van der Waals surface area contributed by atoms with Crippen molar-refractivity contribution in [2.75, 3.05) is 7.11 Å². The van der Waals surface area contributed by atoms with Crippen LogP contribution >= 0.6 is 0 Å². The molecule has 0 fully saturated rings. The number of nitrogens with zero attached hydrogens (tertiary/aromatic N) is 1. The monoisotopic (exact) mass is 281 g/mol. The number of hydrogen-bond donors (Lipinski definition) is 0. The molecule has 0 atom stereocenters. The number of furan rings is 1. The molecule has 0 saturated carbocycles. The number of ether oxygens (including phenoxy) is 1. The Morgan fingerprint density at radius 3 is 2.57 bits per heavy atom. The molecule has 0 bridgehead atoms. The number of benzene rings is 1. The van der Waals surface area contributed by atoms with Gasteiger partial charge in [-0.15, -0.1) is 0 Å². The third-order valence-corrected chi connectivity index (χ3v) is 3.05. The van der Waals surface area contributed by atoms with Gasteiger partial charge in [-0.2, -0.15) is 0 Å². The highest BCUT2D eigenvalue weighted by atomic mass is 16.5. The average molecular weight is 281 g/mol. The van der Waals surface area contributed by atoms with Crippen LogP contribution in [0.25, 0.3) is 10.9 Å². The molecule has 3 aromatic rings. The molecule has 1 aromatic carbocycles. The van der Waals surface area contributed by atoms with Crippen LogP contribution in [0.4, 0.5) is 0 Å². The maximum absolute atomic E-state index is 12.3. The van der Waals surface area contributed by atoms with Crippen molar-refractivity contribution in [1.82, 2.24) is 4.98 Å². The van der Waals surface area contributed by atoms with Gasteiger partial charge in [0, 0.05) is 5.39 Å². The summed E-state index contributed by atoms with van der Waals surface area (Å²) in [5, 5.41) is 0.948. The lowest BCUT2D eigenvalue weighted by atomic mass is 10.1. The summed E-state index contributed by atoms with van der Waals surface area (Å²) in [7, 11) is 1.25. The highest BCUT2D eigenvalue weighted by molar-refractivity contribution is 6.07. The smallest absolute Gasteiger partial charge is 0.373 e. The molecule has 0 radical (unpaired) electrons. The van der Waals surface area contributed by atoms with E-state index in [1.165, 1.54) is 19.2 Å². The highest BCUT2D eigenvalue weighted by Gasteiger charge is 2.18. The van der Waals surface area contributed by atoms with Gasteiger partial charge in [0.15, 0.2) is 5.76 Å². The minimum Gasteiger partial charge on any atom is -0.463 e. The highest BCUT2D eigenvalue weighted by Crippen LogP contribution is 2.16. The Kier molecular flexibility index (Phi) is 3.23. The second-order valence-electron chi connectivity index (χ2n) is 4.37. The standard InChI is InChI=1S/C16H11NO4/c1-20-16(19)14-9-8-13(21-14)15(18)12-7-6-10-4-2-3-5-11(10)17-12/h2-9H,1H3. The van der Waals surface area contributed by atoms with E-state index in [1.54, 1.807) is 6.07 Å². The Bertz CT molecular complexity index is 835. The van der Waals surface area contributed by atoms with Gasteiger partial charge in [-0.1, -0.05) is 24.3 Å². The number of methoxy groups -OCH3 is 1. The molecule has 2 aromatic heterocycles. The van der Waals surface area contributed by atoms with Crippen LogP contribution in [0.5, 0.6) is 0 Å². The molecular formula is C16H11NO4. The Hall–Kier alpha value is -2.95. The van der Waals surface area contributed by atoms with E-state index in [2.05, 4.69) is 9.72 Å². The van der Waals surface area contributed by atoms with Gasteiger partial charge < -0.3 is 9.15 Å². The number of rotatable bonds is 3. The molecule has 0 amide bonds. The zero-order chi connectivity index (χ0) is 14.8. The van der Waals surface area contributed by atoms with E-state index in [0.29, 0.717) is 0 Å². The molecular weight excluding hydrogens is 270 g/mol. The molecule has 0 N–H and O–H groups in total. The first-order chi connectivity index (χ1) is 10.2. The zero-order valence-corrected chi connectivity index (χ0v) is 11.2. The van der Waals surface area contributed by atoms with Crippen LogP contribution < -0.4 is 0 Å². The molecule has 0 saturated heterocycles. The Morgan fingerprint density at radius 1 is 1.00 bits per heavy atom. The van der Waals surface area contributed by atoms with Gasteiger partial charge in [0.25, 0.3) is 0 Å². The summed E-state index contributed by atoms with van der Waals surface area (Å²) in [6, 6.07) is 13.8. The summed E-state index contributed by atoms with van der Waals surface area (Å²) in [6.45, 7) is 0. The number of carbonyl (C=O) groups is 2. The largest absolute Gasteiger partial charge is 0.463 e. The number of hydrogen-bond acceptors (Lipinski definition) is 5. The maximum Gasteiger partial charge on any atom is 0.373 e. The van der Waals surface area contributed by atoms with Crippen molar-refractivity contribution in [3.05, 3.63) is 65.7 Å². The van der Waals surface area contributed by atoms with Crippen LogP contribution in [0.3, 0.4) is 0 Å². The first-order valence-electron chi connectivity index (χ1n) is 6.27. The summed E-state index contributed by atoms with van der Waals surface area (Å²) in [6.07, 6.45) is 0. The fraction of sp³-hybridized carbons (Fsp3) is 0.0625. The maximum atomic E-state index is 12.3. The molecule has 21 heavy (non-hydrogen) atoms. The third kappa shape index (κ3) is 2.41. The lowest BCUT2D eigenvalue weighted by Crippen LogP contribution is -2.03. The predicted octanol–water partition coefficient (Wildman–Crippen LogP) is 2.85. The second-order valence-corrected chi connectivity index (χ2v) is 4.37. The topological polar surface area (TPSA) is 69.4 Å². The van der Waals surface area contributed by atoms with E-state index in [4.69, 9.17) is 4.42 Å². The molecule has 0 spiro atoms. The number of para-hydroxylation sites is 1. The molecule has 0 unspecified atom stereocenters. The third-order valence-electron chi connectivity index (χ3n) is 3.05. The van der Waals surface area contributed by atoms with E-state index in [9.17, 15) is 9.59 Å². The Morgan fingerprint density at radius 2 is 1.76 bits per heavy atom. The normalized spacial score (nSPS) is 10.5. The van der Waals surface area contributed by atoms with E-state index in [1.807, 2.05) is 30.3 Å². The molecule has 0 aliphatic rings. The van der Waals surface area contributed by atoms with Gasteiger partial charge >= 0.3 is 5.97 Å². The molecule has 2 heterocycles. The van der Waals surface area contributed by atoms with Crippen molar-refractivity contribution in [2.45, 2.75) is 0 Å². The minimum absolute atomic E-state index is 0.0124. The van der Waals surface area contributed by atoms with E-state index >= 15 is 0 Å². The summed E-state index contributed by atoms with van der Waals surface area (Å²) >= 11 is 0. The zero-order valence-electron chi connectivity index (χ0n) is 11.2. The van der Waals surface area contributed by atoms with Crippen molar-refractivity contribution < 1.29 is 18.7 Å². The summed E-state index contributed by atoms with van der Waals surface area (Å²) in [4.78, 5) is 27.9. The number of esters is 1. The number of aromatic nitrogens is 1. The minimum atomic E-state index is -0.625. The van der Waals surface area contributed by atoms with Crippen molar-refractivity contribution in [2.24, 2.45) is 0 Å². The van der Waals surface area contributed by atoms with Crippen LogP contribution in [0, 0.1) is 0 Å². The fourth-order valence-electron chi connectivity index (χ4n) is 1.99. The van der Waals surface area contributed by atoms with Gasteiger partial charge in [0.2, 0.25) is 11.5 Å². The van der Waals surface area contributed by atoms with Crippen molar-refractivity contribution >= 4 is 22.7 Å². The lowest BCUT2D eigenvalue weighted by molar-refractivity contribution is 0.0563. The number of carbonyl (C=O) groups excluding carboxylic acids is 2. The summed E-state index contributed by atoms with van der Waals surface area (Å²) in [5.74, 6) is -0.962. The second kappa shape index (κ2) is 5.20. The van der Waals surface area contributed by atoms with Crippen molar-refractivity contribution in [1.29, 1.82) is 0 Å². The number of pyridine rings is 1. The summed E-state index contributed by atoms with van der Waals surface area (Å²) < 4.78 is 9.73. The van der Waals surface area contributed by atoms with Crippen LogP contribution in [-0.4, -0.2) is 23.8 Å². The first kappa shape index (κ1) is 13.1. The van der Waals surface area contributed by atoms with Gasteiger partial charge in [-0.25, -0.2) is 9.78 Å². The Labute approximate surface area is 120 Å². The van der Waals surface area contributed by atoms with Crippen LogP contribution in [0.15, 0.2) is 52.9 Å². The average Bonchev–Trinajstić information content (AvgIpc) is 3.03. The number of ketones is 1. The van der Waals surface area contributed by atoms with Crippen molar-refractivity contribution in [3.8, 4) is 0 Å². The van der Waals surface area contributed by atoms with E-state index < -0.39 is 5.97 Å². The molecule has 0 aliphatic carbocycles. The molecule has 3 rings (SSSR count). The van der Waals surface area contributed by atoms with E-state index in [0.717, 1.165) is 10.9 Å². The SMILES string of the molecule is COC(=O)c1ccc(C(=O)c2ccc3ccccc3n2)o1. The quantitative estimate of drug-likeness (QED) is 0.545. The van der Waals surface area contributed by atoms with Crippen LogP contribution in [-0.2, 0) is 4.74 Å². The fourth-order valence-corrected chi connectivity index (χ4v) is 1.99. The van der Waals surface area contributed by atoms with Crippen LogP contribution in [0.2, 0.25) is 0 Å². The Balaban J connectivity index is 1.96. The molecule has 104 valence electrons. The summed E-state index contributed by atoms with van der Waals surface area (Å²) in [5.41, 5.74) is 0.988. The molecule has 0 aliphatic heterocycles. The molecule has 5 nitrogen and oxygen atoms in total. The van der Waals surface area contributed by atoms with Gasteiger partial charge in [-0.05, 0) is 24.3 Å². The van der Waals surface area contributed by atoms with Crippen molar-refractivity contribution in [3.63, 3.8) is 0 Å².